The Morgan fingerprint density at radius 2 is 1.94 bits per heavy atom. The van der Waals surface area contributed by atoms with Crippen LogP contribution in [0, 0.1) is 5.41 Å². The number of nitrogens with one attached hydrogen (secondary N) is 1. The van der Waals surface area contributed by atoms with Gasteiger partial charge in [0.2, 0.25) is 5.91 Å². The number of carbonyl (C=O) groups excluding carboxylic acids is 1. The molecule has 1 rings (SSSR count). The number of ether oxygens (including phenoxy) is 2. The highest BCUT2D eigenvalue weighted by molar-refractivity contribution is 5.83. The summed E-state index contributed by atoms with van der Waals surface area (Å²) < 4.78 is 10.4. The fourth-order valence-corrected chi connectivity index (χ4v) is 2.54. The minimum atomic E-state index is -0.344. The number of nitrogens with zero attached hydrogens (tertiary/aromatic N) is 1. The molecule has 1 N–H and O–H groups in total. The van der Waals surface area contributed by atoms with Crippen LogP contribution in [-0.4, -0.2) is 64.4 Å². The molecule has 1 fully saturated rings. The van der Waals surface area contributed by atoms with Crippen LogP contribution in [0.2, 0.25) is 0 Å². The maximum absolute atomic E-state index is 12.7. The minimum absolute atomic E-state index is 0.213. The molecule has 1 aliphatic heterocycles. The summed E-state index contributed by atoms with van der Waals surface area (Å²) in [6.07, 6.45) is 1.70. The molecule has 0 atom stereocenters. The molecule has 1 heterocycles. The minimum Gasteiger partial charge on any atom is -0.384 e. The van der Waals surface area contributed by atoms with Crippen molar-refractivity contribution < 1.29 is 14.3 Å². The molecule has 0 unspecified atom stereocenters. The summed E-state index contributed by atoms with van der Waals surface area (Å²) in [5.74, 6) is 0.213. The Morgan fingerprint density at radius 3 is 2.44 bits per heavy atom. The summed E-state index contributed by atoms with van der Waals surface area (Å²) in [7, 11) is 3.33. The topological polar surface area (TPSA) is 50.8 Å². The molecule has 1 amide bonds. The third-order valence-electron chi connectivity index (χ3n) is 3.67. The van der Waals surface area contributed by atoms with E-state index in [4.69, 9.17) is 9.47 Å². The van der Waals surface area contributed by atoms with Gasteiger partial charge >= 0.3 is 0 Å². The third kappa shape index (κ3) is 3.67. The Balaban J connectivity index is 2.73. The van der Waals surface area contributed by atoms with Gasteiger partial charge in [-0.1, -0.05) is 0 Å². The second-order valence-corrected chi connectivity index (χ2v) is 4.84. The van der Waals surface area contributed by atoms with E-state index in [9.17, 15) is 4.79 Å². The van der Waals surface area contributed by atoms with Crippen molar-refractivity contribution in [2.45, 2.75) is 19.8 Å². The highest BCUT2D eigenvalue weighted by Crippen LogP contribution is 2.31. The largest absolute Gasteiger partial charge is 0.384 e. The van der Waals surface area contributed by atoms with Crippen molar-refractivity contribution in [2.75, 3.05) is 53.6 Å². The van der Waals surface area contributed by atoms with E-state index >= 15 is 0 Å². The monoisotopic (exact) mass is 258 g/mol. The molecule has 5 heteroatoms. The van der Waals surface area contributed by atoms with Crippen LogP contribution in [0.15, 0.2) is 0 Å². The Kier molecular flexibility index (Phi) is 6.60. The maximum atomic E-state index is 12.7. The molecule has 0 bridgehead atoms. The lowest BCUT2D eigenvalue weighted by Crippen LogP contribution is -2.52. The number of likely N-dealkylation sites (N-methyl/N-ethyl adjacent to an activating group) is 1. The zero-order chi connectivity index (χ0) is 13.4. The van der Waals surface area contributed by atoms with E-state index in [1.54, 1.807) is 14.2 Å². The van der Waals surface area contributed by atoms with Gasteiger partial charge in [-0.25, -0.2) is 0 Å². The number of rotatable bonds is 7. The standard InChI is InChI=1S/C13H26N2O3/c1-4-15(9-10-17-2)12(16)13(11-18-3)5-7-14-8-6-13/h14H,4-11H2,1-3H3. The molecule has 1 saturated heterocycles. The molecular formula is C13H26N2O3. The van der Waals surface area contributed by atoms with Gasteiger partial charge in [-0.2, -0.15) is 0 Å². The van der Waals surface area contributed by atoms with Crippen molar-refractivity contribution >= 4 is 5.91 Å². The van der Waals surface area contributed by atoms with Gasteiger partial charge in [0.1, 0.15) is 0 Å². The molecule has 0 saturated carbocycles. The first kappa shape index (κ1) is 15.4. The summed E-state index contributed by atoms with van der Waals surface area (Å²) in [5.41, 5.74) is -0.344. The van der Waals surface area contributed by atoms with Crippen LogP contribution in [0.3, 0.4) is 0 Å². The number of carbonyl (C=O) groups is 1. The lowest BCUT2D eigenvalue weighted by Gasteiger charge is -2.39. The summed E-state index contributed by atoms with van der Waals surface area (Å²) in [4.78, 5) is 14.6. The second kappa shape index (κ2) is 7.71. The summed E-state index contributed by atoms with van der Waals surface area (Å²) in [5, 5.41) is 3.30. The lowest BCUT2D eigenvalue weighted by molar-refractivity contribution is -0.148. The molecule has 0 radical (unpaired) electrons. The SMILES string of the molecule is CCN(CCOC)C(=O)C1(COC)CCNCC1. The molecule has 0 aromatic carbocycles. The average molecular weight is 258 g/mol. The number of methoxy groups -OCH3 is 2. The first-order chi connectivity index (χ1) is 8.70. The first-order valence-electron chi connectivity index (χ1n) is 6.68. The van der Waals surface area contributed by atoms with E-state index in [2.05, 4.69) is 5.32 Å². The van der Waals surface area contributed by atoms with E-state index in [1.807, 2.05) is 11.8 Å². The fourth-order valence-electron chi connectivity index (χ4n) is 2.54. The van der Waals surface area contributed by atoms with Gasteiger partial charge < -0.3 is 19.7 Å². The fraction of sp³-hybridized carbons (Fsp3) is 0.923. The molecule has 1 aliphatic rings. The van der Waals surface area contributed by atoms with E-state index < -0.39 is 0 Å². The van der Waals surface area contributed by atoms with Gasteiger partial charge in [-0.3, -0.25) is 4.79 Å². The summed E-state index contributed by atoms with van der Waals surface area (Å²) in [6.45, 7) is 6.26. The van der Waals surface area contributed by atoms with Crippen molar-refractivity contribution in [1.82, 2.24) is 10.2 Å². The summed E-state index contributed by atoms with van der Waals surface area (Å²) >= 11 is 0. The predicted octanol–water partition coefficient (Wildman–Crippen LogP) is 0.498. The van der Waals surface area contributed by atoms with Gasteiger partial charge in [0, 0.05) is 27.3 Å². The quantitative estimate of drug-likeness (QED) is 0.722. The van der Waals surface area contributed by atoms with Gasteiger partial charge in [-0.15, -0.1) is 0 Å². The van der Waals surface area contributed by atoms with Gasteiger partial charge in [0.15, 0.2) is 0 Å². The van der Waals surface area contributed by atoms with Crippen molar-refractivity contribution in [1.29, 1.82) is 0 Å². The Hall–Kier alpha value is -0.650. The van der Waals surface area contributed by atoms with Crippen molar-refractivity contribution in [3.8, 4) is 0 Å². The van der Waals surface area contributed by atoms with Crippen molar-refractivity contribution in [3.05, 3.63) is 0 Å². The zero-order valence-corrected chi connectivity index (χ0v) is 11.8. The number of hydrogen-bond donors (Lipinski definition) is 1. The van der Waals surface area contributed by atoms with E-state index in [0.29, 0.717) is 19.8 Å². The average Bonchev–Trinajstić information content (AvgIpc) is 2.41. The summed E-state index contributed by atoms with van der Waals surface area (Å²) in [6, 6.07) is 0. The van der Waals surface area contributed by atoms with Crippen LogP contribution in [0.25, 0.3) is 0 Å². The predicted molar refractivity (Wildman–Crippen MR) is 70.5 cm³/mol. The molecule has 106 valence electrons. The van der Waals surface area contributed by atoms with Gasteiger partial charge in [-0.05, 0) is 32.9 Å². The number of piperidine rings is 1. The zero-order valence-electron chi connectivity index (χ0n) is 11.8. The van der Waals surface area contributed by atoms with Crippen molar-refractivity contribution in [3.63, 3.8) is 0 Å². The van der Waals surface area contributed by atoms with Gasteiger partial charge in [0.05, 0.1) is 18.6 Å². The van der Waals surface area contributed by atoms with E-state index in [0.717, 1.165) is 32.5 Å². The molecule has 0 aromatic rings. The van der Waals surface area contributed by atoms with E-state index in [1.165, 1.54) is 0 Å². The Bertz CT molecular complexity index is 247. The van der Waals surface area contributed by atoms with Crippen LogP contribution in [0.5, 0.6) is 0 Å². The highest BCUT2D eigenvalue weighted by Gasteiger charge is 2.41. The second-order valence-electron chi connectivity index (χ2n) is 4.84. The lowest BCUT2D eigenvalue weighted by atomic mass is 9.78. The molecule has 18 heavy (non-hydrogen) atoms. The molecule has 0 aromatic heterocycles. The first-order valence-corrected chi connectivity index (χ1v) is 6.68. The Labute approximate surface area is 110 Å². The molecule has 0 spiro atoms. The molecular weight excluding hydrogens is 232 g/mol. The van der Waals surface area contributed by atoms with Crippen molar-refractivity contribution in [2.24, 2.45) is 5.41 Å². The van der Waals surface area contributed by atoms with Crippen LogP contribution in [-0.2, 0) is 14.3 Å². The third-order valence-corrected chi connectivity index (χ3v) is 3.67. The molecule has 0 aliphatic carbocycles. The maximum Gasteiger partial charge on any atom is 0.231 e. The van der Waals surface area contributed by atoms with Crippen LogP contribution >= 0.6 is 0 Å². The number of hydrogen-bond acceptors (Lipinski definition) is 4. The highest BCUT2D eigenvalue weighted by atomic mass is 16.5. The van der Waals surface area contributed by atoms with Gasteiger partial charge in [0.25, 0.3) is 0 Å². The smallest absolute Gasteiger partial charge is 0.231 e. The number of amides is 1. The Morgan fingerprint density at radius 1 is 1.28 bits per heavy atom. The molecule has 5 nitrogen and oxygen atoms in total. The van der Waals surface area contributed by atoms with Crippen LogP contribution in [0.1, 0.15) is 19.8 Å². The normalized spacial score (nSPS) is 18.6. The van der Waals surface area contributed by atoms with E-state index in [-0.39, 0.29) is 11.3 Å². The van der Waals surface area contributed by atoms with Crippen LogP contribution in [0.4, 0.5) is 0 Å². The van der Waals surface area contributed by atoms with Crippen LogP contribution < -0.4 is 5.32 Å².